The van der Waals surface area contributed by atoms with Crippen LogP contribution in [0.2, 0.25) is 0 Å². The van der Waals surface area contributed by atoms with E-state index < -0.39 is 0 Å². The molecule has 0 spiro atoms. The van der Waals surface area contributed by atoms with Crippen LogP contribution >= 0.6 is 0 Å². The van der Waals surface area contributed by atoms with E-state index in [0.29, 0.717) is 5.56 Å². The second-order valence-corrected chi connectivity index (χ2v) is 5.54. The maximum Gasteiger partial charge on any atom is 0.253 e. The van der Waals surface area contributed by atoms with E-state index in [-0.39, 0.29) is 18.1 Å². The molecule has 1 aromatic heterocycles. The molecule has 2 heterocycles. The van der Waals surface area contributed by atoms with E-state index >= 15 is 0 Å². The molecule has 1 N–H and O–H groups in total. The molecule has 2 atom stereocenters. The zero-order valence-electron chi connectivity index (χ0n) is 12.8. The van der Waals surface area contributed by atoms with Gasteiger partial charge >= 0.3 is 0 Å². The molecule has 6 nitrogen and oxygen atoms in total. The molecule has 1 fully saturated rings. The lowest BCUT2D eigenvalue weighted by atomic mass is 10.1. The van der Waals surface area contributed by atoms with E-state index in [9.17, 15) is 4.79 Å². The predicted octanol–water partition coefficient (Wildman–Crippen LogP) is 0.931. The maximum absolute atomic E-state index is 12.7. The van der Waals surface area contributed by atoms with Gasteiger partial charge in [-0.15, -0.1) is 0 Å². The van der Waals surface area contributed by atoms with Crippen molar-refractivity contribution in [2.24, 2.45) is 0 Å². The molecule has 0 aliphatic carbocycles. The van der Waals surface area contributed by atoms with Gasteiger partial charge in [0.1, 0.15) is 0 Å². The highest BCUT2D eigenvalue weighted by atomic mass is 16.5. The third kappa shape index (κ3) is 2.88. The quantitative estimate of drug-likeness (QED) is 0.912. The second kappa shape index (κ2) is 6.29. The van der Waals surface area contributed by atoms with Gasteiger partial charge in [0.25, 0.3) is 5.91 Å². The number of nitrogens with zero attached hydrogens (tertiary/aromatic N) is 3. The van der Waals surface area contributed by atoms with Gasteiger partial charge in [-0.1, -0.05) is 12.1 Å². The highest BCUT2D eigenvalue weighted by molar-refractivity contribution is 5.98. The molecule has 1 amide bonds. The van der Waals surface area contributed by atoms with E-state index in [1.807, 2.05) is 43.6 Å². The van der Waals surface area contributed by atoms with Crippen LogP contribution < -0.4 is 5.32 Å². The number of carbonyl (C=O) groups is 1. The molecule has 0 bridgehead atoms. The zero-order valence-corrected chi connectivity index (χ0v) is 12.8. The number of para-hydroxylation sites is 1. The molecule has 6 heteroatoms. The number of likely N-dealkylation sites (N-methyl/N-ethyl adjacent to an activating group) is 1. The van der Waals surface area contributed by atoms with Crippen molar-refractivity contribution in [3.63, 3.8) is 0 Å². The van der Waals surface area contributed by atoms with Crippen molar-refractivity contribution in [3.05, 3.63) is 48.3 Å². The van der Waals surface area contributed by atoms with Crippen molar-refractivity contribution in [3.8, 4) is 5.69 Å². The van der Waals surface area contributed by atoms with Gasteiger partial charge in [0.05, 0.1) is 23.4 Å². The number of amides is 1. The summed E-state index contributed by atoms with van der Waals surface area (Å²) < 4.78 is 7.16. The molecule has 1 saturated heterocycles. The molecule has 1 aliphatic rings. The SMILES string of the molecule is CO[C@H]1CN(C)C[C@@H]1NC(=O)c1ccccc1-n1cccn1. The Balaban J connectivity index is 1.81. The van der Waals surface area contributed by atoms with Crippen molar-refractivity contribution < 1.29 is 9.53 Å². The van der Waals surface area contributed by atoms with Crippen molar-refractivity contribution in [2.75, 3.05) is 27.2 Å². The van der Waals surface area contributed by atoms with Gasteiger partial charge in [0.15, 0.2) is 0 Å². The Morgan fingerprint density at radius 1 is 1.32 bits per heavy atom. The van der Waals surface area contributed by atoms with Crippen LogP contribution in [0, 0.1) is 0 Å². The number of rotatable bonds is 4. The third-order valence-electron chi connectivity index (χ3n) is 3.97. The minimum absolute atomic E-state index is 0.00632. The fourth-order valence-corrected chi connectivity index (χ4v) is 2.86. The van der Waals surface area contributed by atoms with E-state index in [2.05, 4.69) is 15.3 Å². The molecule has 0 radical (unpaired) electrons. The molecule has 0 unspecified atom stereocenters. The third-order valence-corrected chi connectivity index (χ3v) is 3.97. The van der Waals surface area contributed by atoms with Crippen molar-refractivity contribution in [1.29, 1.82) is 0 Å². The van der Waals surface area contributed by atoms with Crippen LogP contribution in [-0.4, -0.2) is 60.0 Å². The summed E-state index contributed by atoms with van der Waals surface area (Å²) in [4.78, 5) is 14.8. The first-order valence-corrected chi connectivity index (χ1v) is 7.30. The van der Waals surface area contributed by atoms with Gasteiger partial charge in [-0.25, -0.2) is 4.68 Å². The molecule has 1 aromatic carbocycles. The molecular weight excluding hydrogens is 280 g/mol. The Bertz CT molecular complexity index is 641. The summed E-state index contributed by atoms with van der Waals surface area (Å²) in [6.07, 6.45) is 3.54. The first-order valence-electron chi connectivity index (χ1n) is 7.30. The van der Waals surface area contributed by atoms with Crippen molar-refractivity contribution >= 4 is 5.91 Å². The number of nitrogens with one attached hydrogen (secondary N) is 1. The normalized spacial score (nSPS) is 21.9. The average Bonchev–Trinajstić information content (AvgIpc) is 3.16. The molecule has 1 aliphatic heterocycles. The van der Waals surface area contributed by atoms with Gasteiger partial charge in [-0.2, -0.15) is 5.10 Å². The monoisotopic (exact) mass is 300 g/mol. The van der Waals surface area contributed by atoms with E-state index in [4.69, 9.17) is 4.74 Å². The van der Waals surface area contributed by atoms with Crippen LogP contribution in [0.25, 0.3) is 5.69 Å². The topological polar surface area (TPSA) is 59.4 Å². The van der Waals surface area contributed by atoms with Gasteiger partial charge in [-0.05, 0) is 25.2 Å². The summed E-state index contributed by atoms with van der Waals surface area (Å²) in [6, 6.07) is 9.28. The molecular formula is C16H20N4O2. The van der Waals surface area contributed by atoms with Gasteiger partial charge in [-0.3, -0.25) is 4.79 Å². The van der Waals surface area contributed by atoms with Crippen LogP contribution in [0.3, 0.4) is 0 Å². The number of methoxy groups -OCH3 is 1. The maximum atomic E-state index is 12.7. The highest BCUT2D eigenvalue weighted by Gasteiger charge is 2.32. The van der Waals surface area contributed by atoms with Crippen LogP contribution in [0.5, 0.6) is 0 Å². The summed E-state index contributed by atoms with van der Waals surface area (Å²) in [5.74, 6) is -0.103. The fraction of sp³-hybridized carbons (Fsp3) is 0.375. The lowest BCUT2D eigenvalue weighted by Crippen LogP contribution is -2.43. The lowest BCUT2D eigenvalue weighted by Gasteiger charge is -2.19. The van der Waals surface area contributed by atoms with Crippen LogP contribution in [0.4, 0.5) is 0 Å². The number of ether oxygens (including phenoxy) is 1. The van der Waals surface area contributed by atoms with Gasteiger partial charge in [0.2, 0.25) is 0 Å². The van der Waals surface area contributed by atoms with Crippen molar-refractivity contribution in [2.45, 2.75) is 12.1 Å². The Hall–Kier alpha value is -2.18. The largest absolute Gasteiger partial charge is 0.378 e. The Kier molecular flexibility index (Phi) is 4.22. The van der Waals surface area contributed by atoms with Crippen LogP contribution in [0.15, 0.2) is 42.7 Å². The lowest BCUT2D eigenvalue weighted by molar-refractivity contribution is 0.0766. The molecule has 3 rings (SSSR count). The Labute approximate surface area is 129 Å². The number of hydrogen-bond donors (Lipinski definition) is 1. The van der Waals surface area contributed by atoms with Crippen molar-refractivity contribution in [1.82, 2.24) is 20.0 Å². The highest BCUT2D eigenvalue weighted by Crippen LogP contribution is 2.16. The predicted molar refractivity (Wildman–Crippen MR) is 83.1 cm³/mol. The number of carbonyl (C=O) groups excluding carboxylic acids is 1. The zero-order chi connectivity index (χ0) is 15.5. The van der Waals surface area contributed by atoms with E-state index in [0.717, 1.165) is 18.8 Å². The number of benzene rings is 1. The first-order chi connectivity index (χ1) is 10.7. The molecule has 0 saturated carbocycles. The number of aromatic nitrogens is 2. The summed E-state index contributed by atoms with van der Waals surface area (Å²) in [7, 11) is 3.70. The summed E-state index contributed by atoms with van der Waals surface area (Å²) in [5, 5.41) is 7.29. The summed E-state index contributed by atoms with van der Waals surface area (Å²) in [6.45, 7) is 1.61. The summed E-state index contributed by atoms with van der Waals surface area (Å²) in [5.41, 5.74) is 1.38. The number of likely N-dealkylation sites (tertiary alicyclic amines) is 1. The Morgan fingerprint density at radius 3 is 2.86 bits per heavy atom. The molecule has 22 heavy (non-hydrogen) atoms. The first kappa shape index (κ1) is 14.7. The smallest absolute Gasteiger partial charge is 0.253 e. The minimum Gasteiger partial charge on any atom is -0.378 e. The second-order valence-electron chi connectivity index (χ2n) is 5.54. The fourth-order valence-electron chi connectivity index (χ4n) is 2.86. The van der Waals surface area contributed by atoms with E-state index in [1.54, 1.807) is 18.0 Å². The average molecular weight is 300 g/mol. The van der Waals surface area contributed by atoms with Gasteiger partial charge in [0, 0.05) is 32.6 Å². The standard InChI is InChI=1S/C16H20N4O2/c1-19-10-13(15(11-19)22-2)18-16(21)12-6-3-4-7-14(12)20-9-5-8-17-20/h3-9,13,15H,10-11H2,1-2H3,(H,18,21)/t13-,15-/m0/s1. The minimum atomic E-state index is -0.103. The van der Waals surface area contributed by atoms with Crippen LogP contribution in [-0.2, 0) is 4.74 Å². The van der Waals surface area contributed by atoms with Gasteiger partial charge < -0.3 is 15.0 Å². The molecule has 116 valence electrons. The molecule has 2 aromatic rings. The Morgan fingerprint density at radius 2 is 2.14 bits per heavy atom. The summed E-state index contributed by atoms with van der Waals surface area (Å²) >= 11 is 0. The van der Waals surface area contributed by atoms with Crippen LogP contribution in [0.1, 0.15) is 10.4 Å². The van der Waals surface area contributed by atoms with E-state index in [1.165, 1.54) is 0 Å². The number of hydrogen-bond acceptors (Lipinski definition) is 4.